The van der Waals surface area contributed by atoms with Gasteiger partial charge in [0, 0.05) is 62.0 Å². The van der Waals surface area contributed by atoms with Crippen LogP contribution in [0.1, 0.15) is 35.2 Å². The second-order valence-corrected chi connectivity index (χ2v) is 12.1. The van der Waals surface area contributed by atoms with E-state index in [-0.39, 0.29) is 42.9 Å². The molecule has 1 fully saturated rings. The molecule has 0 spiro atoms. The lowest BCUT2D eigenvalue weighted by Crippen LogP contribution is -2.33. The number of anilines is 2. The van der Waals surface area contributed by atoms with Crippen LogP contribution in [0.4, 0.5) is 11.6 Å². The average molecular weight is 580 g/mol. The number of carbonyl (C=O) groups excluding carboxylic acids is 1. The number of carbonyl (C=O) groups is 1. The Morgan fingerprint density at radius 1 is 1.12 bits per heavy atom. The summed E-state index contributed by atoms with van der Waals surface area (Å²) in [4.78, 5) is 32.2. The molecule has 1 aliphatic rings. The monoisotopic (exact) mass is 579 g/mol. The van der Waals surface area contributed by atoms with E-state index in [0.29, 0.717) is 24.3 Å². The third kappa shape index (κ3) is 6.18. The van der Waals surface area contributed by atoms with Crippen molar-refractivity contribution in [2.45, 2.75) is 25.3 Å². The Balaban J connectivity index is 0.00000370. The Hall–Kier alpha value is -3.77. The standard InChI is InChI=1S/C28H31N7O3S.H2S/c1-18(21-5-4-6-22-23(28(36)29-2)9-11-30-27(21)22)14-31-25-13-24(33-17-34-25)19-7-8-26(32-15-19)35(3)20-10-12-39(37,38)16-20;/h4-9,11,13,15,17-18,20H,10,12,14,16H2,1-3H3,(H,29,36)(H,31,33,34);1H2/t18-,20?;/m1./s1. The minimum atomic E-state index is -2.96. The Kier molecular flexibility index (Phi) is 8.89. The van der Waals surface area contributed by atoms with E-state index in [1.54, 1.807) is 25.5 Å². The highest BCUT2D eigenvalue weighted by Crippen LogP contribution is 2.28. The van der Waals surface area contributed by atoms with Gasteiger partial charge in [-0.2, -0.15) is 13.5 Å². The van der Waals surface area contributed by atoms with Gasteiger partial charge in [0.15, 0.2) is 9.84 Å². The number of amides is 1. The minimum absolute atomic E-state index is 0. The van der Waals surface area contributed by atoms with Gasteiger partial charge in [-0.05, 0) is 30.2 Å². The van der Waals surface area contributed by atoms with Gasteiger partial charge in [0.1, 0.15) is 18.0 Å². The average Bonchev–Trinajstić information content (AvgIpc) is 3.34. The van der Waals surface area contributed by atoms with Crippen molar-refractivity contribution in [3.63, 3.8) is 0 Å². The largest absolute Gasteiger partial charge is 0.369 e. The SMILES string of the molecule is CNC(=O)c1ccnc2c([C@H](C)CNc3cc(-c4ccc(N(C)C5CCS(=O)(=O)C5)nc4)ncn3)cccc12.S. The van der Waals surface area contributed by atoms with Crippen molar-refractivity contribution in [2.75, 3.05) is 42.4 Å². The predicted molar refractivity (Wildman–Crippen MR) is 163 cm³/mol. The summed E-state index contributed by atoms with van der Waals surface area (Å²) in [6, 6.07) is 13.3. The molecule has 0 aliphatic carbocycles. The van der Waals surface area contributed by atoms with Crippen molar-refractivity contribution >= 4 is 51.8 Å². The summed E-state index contributed by atoms with van der Waals surface area (Å²) in [6.45, 7) is 2.71. The third-order valence-corrected chi connectivity index (χ3v) is 8.97. The molecule has 1 amide bonds. The molecule has 1 saturated heterocycles. The van der Waals surface area contributed by atoms with E-state index < -0.39 is 9.84 Å². The first-order valence-corrected chi connectivity index (χ1v) is 14.6. The van der Waals surface area contributed by atoms with Gasteiger partial charge in [0.25, 0.3) is 5.91 Å². The van der Waals surface area contributed by atoms with E-state index in [1.165, 1.54) is 6.33 Å². The number of benzene rings is 1. The zero-order chi connectivity index (χ0) is 27.6. The maximum atomic E-state index is 12.3. The molecule has 12 heteroatoms. The summed E-state index contributed by atoms with van der Waals surface area (Å²) < 4.78 is 23.7. The van der Waals surface area contributed by atoms with Crippen molar-refractivity contribution in [1.82, 2.24) is 25.3 Å². The van der Waals surface area contributed by atoms with E-state index in [9.17, 15) is 13.2 Å². The van der Waals surface area contributed by atoms with Gasteiger partial charge < -0.3 is 15.5 Å². The second kappa shape index (κ2) is 12.2. The van der Waals surface area contributed by atoms with Crippen LogP contribution in [0.15, 0.2) is 61.2 Å². The molecular weight excluding hydrogens is 546 g/mol. The third-order valence-electron chi connectivity index (χ3n) is 7.22. The van der Waals surface area contributed by atoms with Crippen LogP contribution >= 0.6 is 13.5 Å². The van der Waals surface area contributed by atoms with E-state index in [0.717, 1.165) is 33.5 Å². The molecule has 0 radical (unpaired) electrons. The van der Waals surface area contributed by atoms with Crippen LogP contribution in [0.25, 0.3) is 22.2 Å². The van der Waals surface area contributed by atoms with Crippen LogP contribution in [-0.2, 0) is 9.84 Å². The van der Waals surface area contributed by atoms with E-state index in [1.807, 2.05) is 48.3 Å². The Labute approximate surface area is 241 Å². The first-order valence-electron chi connectivity index (χ1n) is 12.8. The van der Waals surface area contributed by atoms with Crippen molar-refractivity contribution in [3.8, 4) is 11.3 Å². The molecule has 0 saturated carbocycles. The predicted octanol–water partition coefficient (Wildman–Crippen LogP) is 3.40. The summed E-state index contributed by atoms with van der Waals surface area (Å²) in [7, 11) is 0.537. The summed E-state index contributed by atoms with van der Waals surface area (Å²) in [5, 5.41) is 6.91. The smallest absolute Gasteiger partial charge is 0.251 e. The summed E-state index contributed by atoms with van der Waals surface area (Å²) in [5.74, 6) is 1.75. The highest BCUT2D eigenvalue weighted by atomic mass is 32.2. The number of pyridine rings is 2. The number of rotatable bonds is 8. The number of nitrogens with zero attached hydrogens (tertiary/aromatic N) is 5. The molecule has 4 aromatic rings. The molecule has 1 unspecified atom stereocenters. The number of fused-ring (bicyclic) bond motifs is 1. The van der Waals surface area contributed by atoms with Gasteiger partial charge >= 0.3 is 0 Å². The van der Waals surface area contributed by atoms with Crippen molar-refractivity contribution in [1.29, 1.82) is 0 Å². The van der Waals surface area contributed by atoms with E-state index in [4.69, 9.17) is 0 Å². The fraction of sp³-hybridized carbons (Fsp3) is 0.321. The molecule has 40 heavy (non-hydrogen) atoms. The summed E-state index contributed by atoms with van der Waals surface area (Å²) in [5.41, 5.74) is 4.02. The van der Waals surface area contributed by atoms with Gasteiger partial charge in [0.05, 0.1) is 28.3 Å². The van der Waals surface area contributed by atoms with Gasteiger partial charge in [-0.25, -0.2) is 23.4 Å². The van der Waals surface area contributed by atoms with Crippen molar-refractivity contribution in [2.24, 2.45) is 0 Å². The highest BCUT2D eigenvalue weighted by Gasteiger charge is 2.31. The second-order valence-electron chi connectivity index (χ2n) is 9.82. The number of hydrogen-bond acceptors (Lipinski definition) is 9. The fourth-order valence-electron chi connectivity index (χ4n) is 4.92. The van der Waals surface area contributed by atoms with Crippen molar-refractivity contribution < 1.29 is 13.2 Å². The molecule has 1 aliphatic heterocycles. The molecule has 10 nitrogen and oxygen atoms in total. The number of aromatic nitrogens is 4. The zero-order valence-electron chi connectivity index (χ0n) is 22.6. The zero-order valence-corrected chi connectivity index (χ0v) is 24.4. The van der Waals surface area contributed by atoms with Gasteiger partial charge in [-0.1, -0.05) is 25.1 Å². The summed E-state index contributed by atoms with van der Waals surface area (Å²) in [6.07, 6.45) is 5.54. The molecule has 210 valence electrons. The number of nitrogens with one attached hydrogen (secondary N) is 2. The number of sulfone groups is 1. The molecule has 3 aromatic heterocycles. The Morgan fingerprint density at radius 2 is 1.95 bits per heavy atom. The maximum Gasteiger partial charge on any atom is 0.251 e. The molecule has 4 heterocycles. The van der Waals surface area contributed by atoms with Crippen molar-refractivity contribution in [3.05, 3.63) is 72.3 Å². The van der Waals surface area contributed by atoms with Crippen LogP contribution in [0.2, 0.25) is 0 Å². The fourth-order valence-corrected chi connectivity index (χ4v) is 6.70. The lowest BCUT2D eigenvalue weighted by molar-refractivity contribution is 0.0964. The topological polar surface area (TPSA) is 130 Å². The van der Waals surface area contributed by atoms with Gasteiger partial charge in [-0.15, -0.1) is 0 Å². The van der Waals surface area contributed by atoms with Crippen LogP contribution in [0, 0.1) is 0 Å². The minimum Gasteiger partial charge on any atom is -0.369 e. The molecule has 1 aromatic carbocycles. The highest BCUT2D eigenvalue weighted by molar-refractivity contribution is 7.91. The first kappa shape index (κ1) is 29.2. The van der Waals surface area contributed by atoms with Crippen LogP contribution < -0.4 is 15.5 Å². The molecule has 2 atom stereocenters. The molecule has 0 bridgehead atoms. The molecular formula is C28H33N7O3S2. The van der Waals surface area contributed by atoms with Crippen LogP contribution in [0.3, 0.4) is 0 Å². The van der Waals surface area contributed by atoms with Gasteiger partial charge in [0.2, 0.25) is 0 Å². The normalized spacial score (nSPS) is 16.6. The number of para-hydroxylation sites is 1. The summed E-state index contributed by atoms with van der Waals surface area (Å²) >= 11 is 0. The molecule has 5 rings (SSSR count). The van der Waals surface area contributed by atoms with Gasteiger partial charge in [-0.3, -0.25) is 9.78 Å². The van der Waals surface area contributed by atoms with Crippen LogP contribution in [0.5, 0.6) is 0 Å². The van der Waals surface area contributed by atoms with E-state index >= 15 is 0 Å². The lowest BCUT2D eigenvalue weighted by Gasteiger charge is -2.24. The molecule has 2 N–H and O–H groups in total. The Morgan fingerprint density at radius 3 is 2.65 bits per heavy atom. The lowest BCUT2D eigenvalue weighted by atomic mass is 9.96. The van der Waals surface area contributed by atoms with Crippen LogP contribution in [-0.4, -0.2) is 72.4 Å². The number of hydrogen-bond donors (Lipinski definition) is 2. The Bertz CT molecular complexity index is 1610. The first-order chi connectivity index (χ1) is 18.8. The van der Waals surface area contributed by atoms with E-state index in [2.05, 4.69) is 37.5 Å². The quantitative estimate of drug-likeness (QED) is 0.323. The maximum absolute atomic E-state index is 12.3.